The van der Waals surface area contributed by atoms with E-state index in [2.05, 4.69) is 10.2 Å². The first-order valence-corrected chi connectivity index (χ1v) is 4.01. The molecule has 5 nitrogen and oxygen atoms in total. The highest BCUT2D eigenvalue weighted by Crippen LogP contribution is 2.04. The van der Waals surface area contributed by atoms with Gasteiger partial charge in [0.05, 0.1) is 6.21 Å². The van der Waals surface area contributed by atoms with Gasteiger partial charge in [0.1, 0.15) is 0 Å². The molecule has 1 rings (SSSR count). The van der Waals surface area contributed by atoms with Crippen molar-refractivity contribution < 1.29 is 5.21 Å². The third kappa shape index (κ3) is 2.69. The minimum atomic E-state index is -0.136. The Balaban J connectivity index is 2.52. The second kappa shape index (κ2) is 4.47. The van der Waals surface area contributed by atoms with E-state index in [4.69, 9.17) is 10.9 Å². The molecule has 0 amide bonds. The van der Waals surface area contributed by atoms with Crippen LogP contribution in [-0.2, 0) is 0 Å². The van der Waals surface area contributed by atoms with E-state index in [1.54, 1.807) is 11.7 Å². The van der Waals surface area contributed by atoms with Gasteiger partial charge in [0, 0.05) is 4.88 Å². The molecule has 12 heavy (non-hydrogen) atoms. The molecule has 0 spiro atoms. The van der Waals surface area contributed by atoms with Gasteiger partial charge in [0.2, 0.25) is 5.96 Å². The molecule has 0 unspecified atom stereocenters. The Bertz CT molecular complexity index is 280. The van der Waals surface area contributed by atoms with E-state index in [0.29, 0.717) is 0 Å². The van der Waals surface area contributed by atoms with Crippen molar-refractivity contribution in [3.05, 3.63) is 22.4 Å². The summed E-state index contributed by atoms with van der Waals surface area (Å²) in [5.41, 5.74) is 6.75. The van der Waals surface area contributed by atoms with Crippen molar-refractivity contribution in [3.63, 3.8) is 0 Å². The van der Waals surface area contributed by atoms with Crippen LogP contribution in [0.2, 0.25) is 0 Å². The highest BCUT2D eigenvalue weighted by atomic mass is 32.1. The van der Waals surface area contributed by atoms with Gasteiger partial charge in [0.25, 0.3) is 0 Å². The van der Waals surface area contributed by atoms with Crippen LogP contribution in [0.5, 0.6) is 0 Å². The van der Waals surface area contributed by atoms with Crippen molar-refractivity contribution in [1.29, 1.82) is 0 Å². The molecule has 4 N–H and O–H groups in total. The summed E-state index contributed by atoms with van der Waals surface area (Å²) in [5.74, 6) is -0.136. The van der Waals surface area contributed by atoms with Crippen molar-refractivity contribution in [1.82, 2.24) is 5.48 Å². The number of guanidine groups is 1. The van der Waals surface area contributed by atoms with E-state index in [1.165, 1.54) is 11.3 Å². The molecule has 0 atom stereocenters. The topological polar surface area (TPSA) is 83.0 Å². The SMILES string of the molecule is NC(=N/N=C/c1cccs1)NO. The molecule has 0 aliphatic heterocycles. The third-order valence-corrected chi connectivity index (χ3v) is 1.82. The molecule has 6 heteroatoms. The molecule has 1 heterocycles. The van der Waals surface area contributed by atoms with Crippen molar-refractivity contribution >= 4 is 23.5 Å². The van der Waals surface area contributed by atoms with Gasteiger partial charge in [-0.05, 0) is 11.4 Å². The summed E-state index contributed by atoms with van der Waals surface area (Å²) >= 11 is 1.54. The fraction of sp³-hybridized carbons (Fsp3) is 0. The largest absolute Gasteiger partial charge is 0.367 e. The van der Waals surface area contributed by atoms with Crippen LogP contribution in [0.4, 0.5) is 0 Å². The lowest BCUT2D eigenvalue weighted by atomic mass is 10.5. The predicted octanol–water partition coefficient (Wildman–Crippen LogP) is 0.376. The molecule has 0 aliphatic carbocycles. The van der Waals surface area contributed by atoms with Crippen LogP contribution in [-0.4, -0.2) is 17.4 Å². The Morgan fingerprint density at radius 3 is 3.17 bits per heavy atom. The van der Waals surface area contributed by atoms with E-state index in [9.17, 15) is 0 Å². The molecule has 64 valence electrons. The maximum Gasteiger partial charge on any atom is 0.237 e. The standard InChI is InChI=1S/C6H8N4OS/c7-6(10-11)9-8-4-5-2-1-3-12-5/h1-4,11H,(H3,7,9,10)/b8-4+. The zero-order valence-electron chi connectivity index (χ0n) is 6.14. The van der Waals surface area contributed by atoms with E-state index in [1.807, 2.05) is 17.5 Å². The summed E-state index contributed by atoms with van der Waals surface area (Å²) in [6, 6.07) is 3.80. The normalized spacial score (nSPS) is 12.2. The molecule has 0 aliphatic rings. The smallest absolute Gasteiger partial charge is 0.237 e. The molecule has 0 aromatic carbocycles. The Morgan fingerprint density at radius 1 is 1.75 bits per heavy atom. The van der Waals surface area contributed by atoms with Crippen LogP contribution < -0.4 is 11.2 Å². The number of nitrogens with two attached hydrogens (primary N) is 1. The summed E-state index contributed by atoms with van der Waals surface area (Å²) in [6.45, 7) is 0. The molecule has 0 saturated heterocycles. The number of hydrogen-bond donors (Lipinski definition) is 3. The molecule has 0 fully saturated rings. The Kier molecular flexibility index (Phi) is 3.24. The minimum Gasteiger partial charge on any atom is -0.367 e. The van der Waals surface area contributed by atoms with E-state index >= 15 is 0 Å². The molecule has 1 aromatic rings. The summed E-state index contributed by atoms with van der Waals surface area (Å²) in [5, 5.41) is 17.2. The van der Waals surface area contributed by atoms with Crippen LogP contribution >= 0.6 is 11.3 Å². The molecular formula is C6H8N4OS. The average Bonchev–Trinajstić information content (AvgIpc) is 2.57. The number of nitrogens with zero attached hydrogens (tertiary/aromatic N) is 2. The van der Waals surface area contributed by atoms with Crippen LogP contribution in [0.1, 0.15) is 4.88 Å². The van der Waals surface area contributed by atoms with Crippen LogP contribution in [0, 0.1) is 0 Å². The van der Waals surface area contributed by atoms with E-state index < -0.39 is 0 Å². The van der Waals surface area contributed by atoms with Gasteiger partial charge in [-0.25, -0.2) is 5.48 Å². The van der Waals surface area contributed by atoms with Gasteiger partial charge in [-0.1, -0.05) is 6.07 Å². The first-order chi connectivity index (χ1) is 5.83. The maximum absolute atomic E-state index is 8.21. The minimum absolute atomic E-state index is 0.136. The van der Waals surface area contributed by atoms with Crippen molar-refractivity contribution in [2.75, 3.05) is 0 Å². The maximum atomic E-state index is 8.21. The van der Waals surface area contributed by atoms with Crippen molar-refractivity contribution in [3.8, 4) is 0 Å². The van der Waals surface area contributed by atoms with Crippen LogP contribution in [0.25, 0.3) is 0 Å². The van der Waals surface area contributed by atoms with Crippen molar-refractivity contribution in [2.24, 2.45) is 15.9 Å². The summed E-state index contributed by atoms with van der Waals surface area (Å²) < 4.78 is 0. The van der Waals surface area contributed by atoms with Gasteiger partial charge in [0.15, 0.2) is 0 Å². The zero-order chi connectivity index (χ0) is 8.81. The molecule has 1 aromatic heterocycles. The highest BCUT2D eigenvalue weighted by molar-refractivity contribution is 7.11. The predicted molar refractivity (Wildman–Crippen MR) is 48.5 cm³/mol. The quantitative estimate of drug-likeness (QED) is 0.353. The van der Waals surface area contributed by atoms with E-state index in [-0.39, 0.29) is 5.96 Å². The first-order valence-electron chi connectivity index (χ1n) is 3.13. The number of thiophene rings is 1. The van der Waals surface area contributed by atoms with Gasteiger partial charge in [-0.3, -0.25) is 5.21 Å². The second-order valence-corrected chi connectivity index (χ2v) is 2.84. The third-order valence-electron chi connectivity index (χ3n) is 1.01. The average molecular weight is 184 g/mol. The Labute approximate surface area is 73.2 Å². The lowest BCUT2D eigenvalue weighted by molar-refractivity contribution is 0.232. The summed E-state index contributed by atoms with van der Waals surface area (Å²) in [7, 11) is 0. The van der Waals surface area contributed by atoms with Gasteiger partial charge in [-0.15, -0.1) is 16.4 Å². The lowest BCUT2D eigenvalue weighted by Gasteiger charge is -1.89. The van der Waals surface area contributed by atoms with Gasteiger partial charge >= 0.3 is 0 Å². The second-order valence-electron chi connectivity index (χ2n) is 1.86. The van der Waals surface area contributed by atoms with Gasteiger partial charge < -0.3 is 5.73 Å². The number of hydrogen-bond acceptors (Lipinski definition) is 4. The highest BCUT2D eigenvalue weighted by Gasteiger charge is 1.85. The first kappa shape index (κ1) is 8.69. The number of hydroxylamine groups is 1. The number of nitrogens with one attached hydrogen (secondary N) is 1. The number of rotatable bonds is 2. The lowest BCUT2D eigenvalue weighted by Crippen LogP contribution is -2.27. The zero-order valence-corrected chi connectivity index (χ0v) is 6.95. The van der Waals surface area contributed by atoms with E-state index in [0.717, 1.165) is 4.88 Å². The molecule has 0 saturated carbocycles. The van der Waals surface area contributed by atoms with Crippen molar-refractivity contribution in [2.45, 2.75) is 0 Å². The fourth-order valence-corrected chi connectivity index (χ4v) is 1.11. The fourth-order valence-electron chi connectivity index (χ4n) is 0.535. The van der Waals surface area contributed by atoms with Crippen LogP contribution in [0.3, 0.4) is 0 Å². The Hall–Kier alpha value is -1.40. The monoisotopic (exact) mass is 184 g/mol. The summed E-state index contributed by atoms with van der Waals surface area (Å²) in [6.07, 6.45) is 1.55. The molecule has 0 radical (unpaired) electrons. The van der Waals surface area contributed by atoms with Gasteiger partial charge in [-0.2, -0.15) is 5.10 Å². The molecule has 0 bridgehead atoms. The molecular weight excluding hydrogens is 176 g/mol. The Morgan fingerprint density at radius 2 is 2.58 bits per heavy atom. The van der Waals surface area contributed by atoms with Crippen LogP contribution in [0.15, 0.2) is 27.7 Å². The summed E-state index contributed by atoms with van der Waals surface area (Å²) in [4.78, 5) is 0.976.